The van der Waals surface area contributed by atoms with Gasteiger partial charge in [-0.25, -0.2) is 4.79 Å². The van der Waals surface area contributed by atoms with Crippen molar-refractivity contribution in [3.05, 3.63) is 0 Å². The van der Waals surface area contributed by atoms with Crippen LogP contribution < -0.4 is 0 Å². The van der Waals surface area contributed by atoms with Gasteiger partial charge < -0.3 is 14.5 Å². The Kier molecular flexibility index (Phi) is 6.89. The molecule has 2 rings (SSSR count). The first-order chi connectivity index (χ1) is 12.8. The Balaban J connectivity index is 1.91. The van der Waals surface area contributed by atoms with Crippen molar-refractivity contribution in [1.29, 1.82) is 0 Å². The average Bonchev–Trinajstić information content (AvgIpc) is 2.53. The van der Waals surface area contributed by atoms with Gasteiger partial charge in [0.05, 0.1) is 6.54 Å². The van der Waals surface area contributed by atoms with Gasteiger partial charge in [0.15, 0.2) is 0 Å². The molecule has 0 aromatic carbocycles. The molecule has 2 heterocycles. The number of hydrogen-bond donors (Lipinski definition) is 0. The van der Waals surface area contributed by atoms with Crippen molar-refractivity contribution >= 4 is 12.0 Å². The van der Waals surface area contributed by atoms with Crippen LogP contribution in [0.25, 0.3) is 0 Å². The molecular formula is C19H32F3N3O3. The maximum Gasteiger partial charge on any atom is 0.410 e. The van der Waals surface area contributed by atoms with E-state index in [1.54, 1.807) is 9.80 Å². The fourth-order valence-electron chi connectivity index (χ4n) is 3.83. The number of halogens is 3. The van der Waals surface area contributed by atoms with Crippen LogP contribution in [0.2, 0.25) is 0 Å². The summed E-state index contributed by atoms with van der Waals surface area (Å²) < 4.78 is 43.0. The lowest BCUT2D eigenvalue weighted by molar-refractivity contribution is -0.152. The molecule has 0 aromatic rings. The Morgan fingerprint density at radius 1 is 0.964 bits per heavy atom. The van der Waals surface area contributed by atoms with Crippen molar-refractivity contribution in [2.24, 2.45) is 5.92 Å². The number of likely N-dealkylation sites (tertiary alicyclic amines) is 1. The highest BCUT2D eigenvalue weighted by Gasteiger charge is 2.40. The van der Waals surface area contributed by atoms with Gasteiger partial charge in [0.2, 0.25) is 5.91 Å². The molecule has 2 amide bonds. The van der Waals surface area contributed by atoms with Crippen LogP contribution in [0.4, 0.5) is 18.0 Å². The summed E-state index contributed by atoms with van der Waals surface area (Å²) in [5.41, 5.74) is -0.586. The number of carbonyl (C=O) groups is 2. The van der Waals surface area contributed by atoms with Gasteiger partial charge in [-0.3, -0.25) is 9.69 Å². The summed E-state index contributed by atoms with van der Waals surface area (Å²) in [4.78, 5) is 30.1. The molecule has 0 saturated carbocycles. The van der Waals surface area contributed by atoms with Gasteiger partial charge >= 0.3 is 12.3 Å². The normalized spacial score (nSPS) is 25.7. The van der Waals surface area contributed by atoms with Crippen molar-refractivity contribution in [3.8, 4) is 0 Å². The topological polar surface area (TPSA) is 53.1 Å². The molecular weight excluding hydrogens is 375 g/mol. The van der Waals surface area contributed by atoms with Gasteiger partial charge in [-0.05, 0) is 60.5 Å². The minimum absolute atomic E-state index is 0.0187. The van der Waals surface area contributed by atoms with Crippen molar-refractivity contribution in [1.82, 2.24) is 14.7 Å². The first-order valence-electron chi connectivity index (χ1n) is 9.86. The number of alkyl halides is 3. The summed E-state index contributed by atoms with van der Waals surface area (Å²) >= 11 is 0. The largest absolute Gasteiger partial charge is 0.444 e. The number of piperidine rings is 1. The molecule has 0 N–H and O–H groups in total. The quantitative estimate of drug-likeness (QED) is 0.706. The maximum atomic E-state index is 13.0. The van der Waals surface area contributed by atoms with Gasteiger partial charge in [-0.1, -0.05) is 0 Å². The molecule has 2 aliphatic heterocycles. The molecule has 0 unspecified atom stereocenters. The van der Waals surface area contributed by atoms with Crippen LogP contribution in [0, 0.1) is 5.92 Å². The summed E-state index contributed by atoms with van der Waals surface area (Å²) in [5, 5.41) is 0. The van der Waals surface area contributed by atoms with E-state index >= 15 is 0 Å². The fourth-order valence-corrected chi connectivity index (χ4v) is 3.83. The first kappa shape index (κ1) is 22.8. The summed E-state index contributed by atoms with van der Waals surface area (Å²) in [6.07, 6.45) is -3.73. The first-order valence-corrected chi connectivity index (χ1v) is 9.86. The summed E-state index contributed by atoms with van der Waals surface area (Å²) in [6.45, 7) is 9.61. The SMILES string of the molecule is C[C@@H]1CN(C(=O)OC(C)(C)C)[C@@H](C)CN1C(=O)C1CCN(CC(F)(F)F)CC1. The number of nitrogens with zero attached hydrogens (tertiary/aromatic N) is 3. The summed E-state index contributed by atoms with van der Waals surface area (Å²) in [5.74, 6) is -0.276. The number of amides is 2. The van der Waals surface area contributed by atoms with Crippen LogP contribution in [-0.4, -0.2) is 83.3 Å². The predicted octanol–water partition coefficient (Wildman–Crippen LogP) is 3.12. The number of carbonyl (C=O) groups excluding carboxylic acids is 2. The van der Waals surface area contributed by atoms with Crippen LogP contribution in [0.3, 0.4) is 0 Å². The smallest absolute Gasteiger partial charge is 0.410 e. The third kappa shape index (κ3) is 6.25. The molecule has 2 saturated heterocycles. The molecule has 2 aliphatic rings. The zero-order valence-corrected chi connectivity index (χ0v) is 17.4. The minimum Gasteiger partial charge on any atom is -0.444 e. The van der Waals surface area contributed by atoms with E-state index in [-0.39, 0.29) is 43.1 Å². The van der Waals surface area contributed by atoms with Crippen molar-refractivity contribution < 1.29 is 27.5 Å². The van der Waals surface area contributed by atoms with Gasteiger partial charge in [-0.15, -0.1) is 0 Å². The van der Waals surface area contributed by atoms with Crippen LogP contribution >= 0.6 is 0 Å². The lowest BCUT2D eigenvalue weighted by atomic mass is 9.93. The van der Waals surface area contributed by atoms with E-state index < -0.39 is 18.3 Å². The highest BCUT2D eigenvalue weighted by molar-refractivity contribution is 5.80. The summed E-state index contributed by atoms with van der Waals surface area (Å²) in [7, 11) is 0. The van der Waals surface area contributed by atoms with Crippen LogP contribution in [-0.2, 0) is 9.53 Å². The zero-order chi connectivity index (χ0) is 21.3. The molecule has 9 heteroatoms. The van der Waals surface area contributed by atoms with Crippen LogP contribution in [0.15, 0.2) is 0 Å². The highest BCUT2D eigenvalue weighted by Crippen LogP contribution is 2.26. The Bertz CT molecular complexity index is 569. The number of rotatable bonds is 2. The monoisotopic (exact) mass is 407 g/mol. The highest BCUT2D eigenvalue weighted by atomic mass is 19.4. The molecule has 0 aromatic heterocycles. The molecule has 0 spiro atoms. The fraction of sp³-hybridized carbons (Fsp3) is 0.895. The lowest BCUT2D eigenvalue weighted by Crippen LogP contribution is -2.61. The number of hydrogen-bond acceptors (Lipinski definition) is 4. The lowest BCUT2D eigenvalue weighted by Gasteiger charge is -2.45. The van der Waals surface area contributed by atoms with E-state index in [2.05, 4.69) is 0 Å². The van der Waals surface area contributed by atoms with Crippen LogP contribution in [0.5, 0.6) is 0 Å². The average molecular weight is 407 g/mol. The van der Waals surface area contributed by atoms with E-state index in [0.29, 0.717) is 25.9 Å². The van der Waals surface area contributed by atoms with Gasteiger partial charge in [0.1, 0.15) is 5.60 Å². The predicted molar refractivity (Wildman–Crippen MR) is 98.8 cm³/mol. The molecule has 0 radical (unpaired) electrons. The van der Waals surface area contributed by atoms with E-state index in [0.717, 1.165) is 0 Å². The molecule has 2 atom stereocenters. The van der Waals surface area contributed by atoms with Crippen molar-refractivity contribution in [3.63, 3.8) is 0 Å². The van der Waals surface area contributed by atoms with E-state index in [4.69, 9.17) is 4.74 Å². The zero-order valence-electron chi connectivity index (χ0n) is 17.4. The second-order valence-corrected chi connectivity index (χ2v) is 8.99. The second-order valence-electron chi connectivity index (χ2n) is 8.99. The third-order valence-corrected chi connectivity index (χ3v) is 5.24. The Morgan fingerprint density at radius 2 is 1.46 bits per heavy atom. The molecule has 28 heavy (non-hydrogen) atoms. The van der Waals surface area contributed by atoms with Gasteiger partial charge in [0.25, 0.3) is 0 Å². The number of piperazine rings is 1. The third-order valence-electron chi connectivity index (χ3n) is 5.24. The van der Waals surface area contributed by atoms with Crippen LogP contribution in [0.1, 0.15) is 47.5 Å². The van der Waals surface area contributed by atoms with E-state index in [1.807, 2.05) is 34.6 Å². The second kappa shape index (κ2) is 8.47. The molecule has 0 aliphatic carbocycles. The number of ether oxygens (including phenoxy) is 1. The van der Waals surface area contributed by atoms with E-state index in [1.165, 1.54) is 4.90 Å². The standard InChI is InChI=1S/C19H32F3N3O3/c1-13-11-25(17(27)28-18(3,4)5)14(2)10-24(13)16(26)15-6-8-23(9-7-15)12-19(20,21)22/h13-15H,6-12H2,1-5H3/t13-,14+/m1/s1. The van der Waals surface area contributed by atoms with Crippen molar-refractivity contribution in [2.75, 3.05) is 32.7 Å². The maximum absolute atomic E-state index is 13.0. The Hall–Kier alpha value is -1.51. The summed E-state index contributed by atoms with van der Waals surface area (Å²) in [6, 6.07) is -0.343. The Morgan fingerprint density at radius 3 is 1.96 bits per heavy atom. The van der Waals surface area contributed by atoms with Crippen molar-refractivity contribution in [2.45, 2.75) is 71.3 Å². The molecule has 2 fully saturated rings. The Labute approximate surface area is 165 Å². The molecule has 6 nitrogen and oxygen atoms in total. The molecule has 0 bridgehead atoms. The van der Waals surface area contributed by atoms with Gasteiger partial charge in [0, 0.05) is 31.1 Å². The minimum atomic E-state index is -4.21. The van der Waals surface area contributed by atoms with Gasteiger partial charge in [-0.2, -0.15) is 13.2 Å². The molecule has 162 valence electrons. The van der Waals surface area contributed by atoms with E-state index in [9.17, 15) is 22.8 Å².